The third-order valence-electron chi connectivity index (χ3n) is 5.18. The maximum atomic E-state index is 6.03. The topological polar surface area (TPSA) is 30.5 Å². The maximum Gasteiger partial charge on any atom is 0.161 e. The van der Waals surface area contributed by atoms with Crippen molar-refractivity contribution in [1.29, 1.82) is 0 Å². The Balaban J connectivity index is 1.55. The van der Waals surface area contributed by atoms with E-state index in [9.17, 15) is 0 Å². The van der Waals surface area contributed by atoms with E-state index in [1.54, 1.807) is 0 Å². The molecule has 21 heavy (non-hydrogen) atoms. The molecular formula is C18H27NO2. The van der Waals surface area contributed by atoms with Gasteiger partial charge in [0.15, 0.2) is 11.5 Å². The second-order valence-corrected chi connectivity index (χ2v) is 6.43. The first-order valence-electron chi connectivity index (χ1n) is 8.39. The van der Waals surface area contributed by atoms with Gasteiger partial charge in [-0.3, -0.25) is 0 Å². The number of hydrogen-bond acceptors (Lipinski definition) is 3. The average Bonchev–Trinajstić information content (AvgIpc) is 2.98. The summed E-state index contributed by atoms with van der Waals surface area (Å²) in [6.45, 7) is 5.83. The normalized spacial score (nSPS) is 21.0. The lowest BCUT2D eigenvalue weighted by molar-refractivity contribution is 0.0517. The van der Waals surface area contributed by atoms with Crippen LogP contribution in [0.2, 0.25) is 0 Å². The van der Waals surface area contributed by atoms with Crippen molar-refractivity contribution in [2.75, 3.05) is 26.3 Å². The number of rotatable bonds is 7. The second kappa shape index (κ2) is 6.69. The Kier molecular flexibility index (Phi) is 4.69. The maximum absolute atomic E-state index is 6.03. The monoisotopic (exact) mass is 289 g/mol. The lowest BCUT2D eigenvalue weighted by atomic mass is 9.68. The van der Waals surface area contributed by atoms with Gasteiger partial charge in [0.2, 0.25) is 0 Å². The lowest BCUT2D eigenvalue weighted by Gasteiger charge is -2.47. The minimum atomic E-state index is 0.497. The average molecular weight is 289 g/mol. The van der Waals surface area contributed by atoms with Gasteiger partial charge < -0.3 is 14.8 Å². The summed E-state index contributed by atoms with van der Waals surface area (Å²) in [4.78, 5) is 0. The predicted octanol–water partition coefficient (Wildman–Crippen LogP) is 3.63. The Labute approximate surface area is 128 Å². The van der Waals surface area contributed by atoms with Crippen LogP contribution in [-0.2, 0) is 0 Å². The smallest absolute Gasteiger partial charge is 0.161 e. The summed E-state index contributed by atoms with van der Waals surface area (Å²) in [6.07, 6.45) is 6.82. The van der Waals surface area contributed by atoms with Crippen molar-refractivity contribution in [3.63, 3.8) is 0 Å². The molecule has 0 bridgehead atoms. The van der Waals surface area contributed by atoms with Gasteiger partial charge in [-0.05, 0) is 44.2 Å². The summed E-state index contributed by atoms with van der Waals surface area (Å²) in [6, 6.07) is 7.99. The van der Waals surface area contributed by atoms with Crippen LogP contribution in [0.3, 0.4) is 0 Å². The fraction of sp³-hybridized carbons (Fsp3) is 0.667. The fourth-order valence-corrected chi connectivity index (χ4v) is 3.86. The lowest BCUT2D eigenvalue weighted by Crippen LogP contribution is -2.57. The summed E-state index contributed by atoms with van der Waals surface area (Å²) < 4.78 is 11.7. The third-order valence-corrected chi connectivity index (χ3v) is 5.18. The van der Waals surface area contributed by atoms with E-state index < -0.39 is 0 Å². The molecule has 1 aliphatic heterocycles. The van der Waals surface area contributed by atoms with Gasteiger partial charge in [0.05, 0.1) is 13.2 Å². The van der Waals surface area contributed by atoms with Gasteiger partial charge in [-0.15, -0.1) is 0 Å². The van der Waals surface area contributed by atoms with Crippen LogP contribution in [0.5, 0.6) is 11.5 Å². The summed E-state index contributed by atoms with van der Waals surface area (Å²) >= 11 is 0. The van der Waals surface area contributed by atoms with E-state index in [0.717, 1.165) is 30.4 Å². The molecule has 3 nitrogen and oxygen atoms in total. The van der Waals surface area contributed by atoms with Gasteiger partial charge in [0.25, 0.3) is 0 Å². The molecule has 3 rings (SSSR count). The van der Waals surface area contributed by atoms with E-state index in [4.69, 9.17) is 9.47 Å². The first-order valence-corrected chi connectivity index (χ1v) is 8.39. The van der Waals surface area contributed by atoms with Gasteiger partial charge in [0.1, 0.15) is 0 Å². The largest absolute Gasteiger partial charge is 0.490 e. The van der Waals surface area contributed by atoms with E-state index in [2.05, 4.69) is 5.32 Å². The summed E-state index contributed by atoms with van der Waals surface area (Å²) in [5, 5.41) is 3.48. The fourth-order valence-electron chi connectivity index (χ4n) is 3.86. The molecule has 0 spiro atoms. The van der Waals surface area contributed by atoms with Gasteiger partial charge in [-0.2, -0.15) is 0 Å². The van der Waals surface area contributed by atoms with Crippen LogP contribution in [-0.4, -0.2) is 26.3 Å². The standard InChI is InChI=1S/C18H27NO2/c1-2-20-16-9-5-6-10-17(16)21-12-11-18(13-19-14-18)15-7-3-4-8-15/h5-6,9-10,15,19H,2-4,7-8,11-14H2,1H3. The number of ether oxygens (including phenoxy) is 2. The molecular weight excluding hydrogens is 262 g/mol. The minimum Gasteiger partial charge on any atom is -0.490 e. The zero-order chi connectivity index (χ0) is 14.5. The minimum absolute atomic E-state index is 0.497. The van der Waals surface area contributed by atoms with Crippen molar-refractivity contribution >= 4 is 0 Å². The molecule has 0 unspecified atom stereocenters. The van der Waals surface area contributed by atoms with Crippen molar-refractivity contribution in [1.82, 2.24) is 5.32 Å². The van der Waals surface area contributed by atoms with Crippen molar-refractivity contribution in [3.05, 3.63) is 24.3 Å². The highest BCUT2D eigenvalue weighted by molar-refractivity contribution is 5.39. The molecule has 0 atom stereocenters. The van der Waals surface area contributed by atoms with Crippen LogP contribution < -0.4 is 14.8 Å². The van der Waals surface area contributed by atoms with Crippen LogP contribution in [0.4, 0.5) is 0 Å². The molecule has 0 amide bonds. The molecule has 1 saturated heterocycles. The Morgan fingerprint density at radius 1 is 1.10 bits per heavy atom. The Morgan fingerprint density at radius 3 is 2.33 bits per heavy atom. The first-order chi connectivity index (χ1) is 10.3. The highest BCUT2D eigenvalue weighted by atomic mass is 16.5. The van der Waals surface area contributed by atoms with Gasteiger partial charge in [0, 0.05) is 18.5 Å². The number of para-hydroxylation sites is 2. The molecule has 2 aliphatic rings. The van der Waals surface area contributed by atoms with E-state index in [1.807, 2.05) is 31.2 Å². The highest BCUT2D eigenvalue weighted by Gasteiger charge is 2.44. The number of hydrogen-bond donors (Lipinski definition) is 1. The van der Waals surface area contributed by atoms with E-state index in [-0.39, 0.29) is 0 Å². The molecule has 1 saturated carbocycles. The Bertz CT molecular complexity index is 450. The van der Waals surface area contributed by atoms with E-state index in [0.29, 0.717) is 12.0 Å². The molecule has 1 N–H and O–H groups in total. The van der Waals surface area contributed by atoms with E-state index in [1.165, 1.54) is 38.8 Å². The second-order valence-electron chi connectivity index (χ2n) is 6.43. The SMILES string of the molecule is CCOc1ccccc1OCCC1(C2CCCC2)CNC1. The quantitative estimate of drug-likeness (QED) is 0.831. The highest BCUT2D eigenvalue weighted by Crippen LogP contribution is 2.45. The molecule has 2 fully saturated rings. The van der Waals surface area contributed by atoms with E-state index >= 15 is 0 Å². The van der Waals surface area contributed by atoms with Crippen molar-refractivity contribution in [3.8, 4) is 11.5 Å². The van der Waals surface area contributed by atoms with Gasteiger partial charge in [-0.25, -0.2) is 0 Å². The third kappa shape index (κ3) is 3.18. The molecule has 0 aromatic heterocycles. The van der Waals surface area contributed by atoms with Crippen LogP contribution in [0.15, 0.2) is 24.3 Å². The number of nitrogens with one attached hydrogen (secondary N) is 1. The van der Waals surface area contributed by atoms with Gasteiger partial charge in [-0.1, -0.05) is 25.0 Å². The zero-order valence-corrected chi connectivity index (χ0v) is 13.1. The summed E-state index contributed by atoms with van der Waals surface area (Å²) in [5.74, 6) is 2.65. The molecule has 116 valence electrons. The van der Waals surface area contributed by atoms with Crippen LogP contribution in [0.1, 0.15) is 39.0 Å². The molecule has 1 aromatic rings. The molecule has 1 aromatic carbocycles. The Hall–Kier alpha value is -1.22. The van der Waals surface area contributed by atoms with Crippen molar-refractivity contribution in [2.24, 2.45) is 11.3 Å². The van der Waals surface area contributed by atoms with Crippen molar-refractivity contribution in [2.45, 2.75) is 39.0 Å². The molecule has 0 radical (unpaired) electrons. The summed E-state index contributed by atoms with van der Waals surface area (Å²) in [7, 11) is 0. The zero-order valence-electron chi connectivity index (χ0n) is 13.1. The molecule has 3 heteroatoms. The Morgan fingerprint density at radius 2 is 1.76 bits per heavy atom. The van der Waals surface area contributed by atoms with Crippen molar-refractivity contribution < 1.29 is 9.47 Å². The van der Waals surface area contributed by atoms with Crippen LogP contribution >= 0.6 is 0 Å². The first kappa shape index (κ1) is 14.7. The summed E-state index contributed by atoms with van der Waals surface area (Å²) in [5.41, 5.74) is 0.497. The van der Waals surface area contributed by atoms with Crippen LogP contribution in [0, 0.1) is 11.3 Å². The molecule has 1 heterocycles. The molecule has 1 aliphatic carbocycles. The predicted molar refractivity (Wildman–Crippen MR) is 85.0 cm³/mol. The van der Waals surface area contributed by atoms with Gasteiger partial charge >= 0.3 is 0 Å². The van der Waals surface area contributed by atoms with Crippen LogP contribution in [0.25, 0.3) is 0 Å². The number of benzene rings is 1.